The summed E-state index contributed by atoms with van der Waals surface area (Å²) >= 11 is 0. The summed E-state index contributed by atoms with van der Waals surface area (Å²) in [6.45, 7) is 0. The molecule has 0 unspecified atom stereocenters. The van der Waals surface area contributed by atoms with E-state index in [1.165, 1.54) is 18.2 Å². The van der Waals surface area contributed by atoms with Gasteiger partial charge >= 0.3 is 0 Å². The summed E-state index contributed by atoms with van der Waals surface area (Å²) in [5.41, 5.74) is 0.721. The lowest BCUT2D eigenvalue weighted by Gasteiger charge is -2.12. The standard InChI is InChI=1S/C16H6F2N4/c17-13-3-11(4-14(18)6-13)15-5-10(12(7-19)8-20)1-2-16(15)22-9-21/h1-6H. The Morgan fingerprint density at radius 2 is 1.59 bits per heavy atom. The third kappa shape index (κ3) is 2.95. The van der Waals surface area contributed by atoms with E-state index < -0.39 is 11.6 Å². The van der Waals surface area contributed by atoms with Crippen molar-refractivity contribution < 1.29 is 8.78 Å². The third-order valence-electron chi connectivity index (χ3n) is 2.85. The molecule has 0 spiro atoms. The molecule has 0 aliphatic heterocycles. The molecule has 0 bridgehead atoms. The van der Waals surface area contributed by atoms with Gasteiger partial charge in [-0.2, -0.15) is 20.8 Å². The quantitative estimate of drug-likeness (QED) is 0.588. The zero-order chi connectivity index (χ0) is 16.1. The van der Waals surface area contributed by atoms with E-state index in [0.717, 1.165) is 18.2 Å². The van der Waals surface area contributed by atoms with Gasteiger partial charge in [0.2, 0.25) is 6.19 Å². The van der Waals surface area contributed by atoms with Crippen molar-refractivity contribution >= 4 is 11.3 Å². The predicted molar refractivity (Wildman–Crippen MR) is 74.8 cm³/mol. The lowest BCUT2D eigenvalue weighted by molar-refractivity contribution is 0.582. The average Bonchev–Trinajstić information content (AvgIpc) is 2.49. The number of rotatable bonds is 1. The van der Waals surface area contributed by atoms with Gasteiger partial charge in [-0.15, -0.1) is 0 Å². The molecule has 1 aromatic rings. The smallest absolute Gasteiger partial charge is 0.206 e. The lowest BCUT2D eigenvalue weighted by atomic mass is 9.92. The first kappa shape index (κ1) is 14.8. The number of hydrogen-bond acceptors (Lipinski definition) is 4. The van der Waals surface area contributed by atoms with Crippen molar-refractivity contribution in [1.82, 2.24) is 0 Å². The summed E-state index contributed by atoms with van der Waals surface area (Å²) in [5.74, 6) is -1.57. The molecule has 104 valence electrons. The van der Waals surface area contributed by atoms with Gasteiger partial charge < -0.3 is 0 Å². The number of halogens is 2. The maximum Gasteiger partial charge on any atom is 0.206 e. The molecule has 0 radical (unpaired) electrons. The van der Waals surface area contributed by atoms with Gasteiger partial charge in [-0.1, -0.05) is 6.08 Å². The number of aliphatic imine (C=N–C) groups is 1. The Morgan fingerprint density at radius 1 is 0.955 bits per heavy atom. The number of benzene rings is 1. The summed E-state index contributed by atoms with van der Waals surface area (Å²) in [5, 5.41) is 26.5. The Labute approximate surface area is 124 Å². The minimum absolute atomic E-state index is 0.151. The van der Waals surface area contributed by atoms with E-state index in [0.29, 0.717) is 0 Å². The van der Waals surface area contributed by atoms with Crippen molar-refractivity contribution in [2.24, 2.45) is 4.99 Å². The Balaban J connectivity index is 2.70. The van der Waals surface area contributed by atoms with Crippen LogP contribution in [0.15, 0.2) is 52.6 Å². The zero-order valence-corrected chi connectivity index (χ0v) is 11.0. The molecule has 1 aromatic carbocycles. The van der Waals surface area contributed by atoms with Crippen LogP contribution in [0.1, 0.15) is 5.56 Å². The summed E-state index contributed by atoms with van der Waals surface area (Å²) in [7, 11) is 0. The van der Waals surface area contributed by atoms with Gasteiger partial charge in [0.15, 0.2) is 0 Å². The van der Waals surface area contributed by atoms with E-state index in [1.54, 1.807) is 18.3 Å². The summed E-state index contributed by atoms with van der Waals surface area (Å²) in [6, 6.07) is 6.34. The van der Waals surface area contributed by atoms with E-state index in [9.17, 15) is 8.78 Å². The average molecular weight is 292 g/mol. The monoisotopic (exact) mass is 292 g/mol. The molecular formula is C16H6F2N4. The number of nitrogens with zero attached hydrogens (tertiary/aromatic N) is 4. The van der Waals surface area contributed by atoms with E-state index in [4.69, 9.17) is 15.8 Å². The Bertz CT molecular complexity index is 848. The van der Waals surface area contributed by atoms with Gasteiger partial charge in [0.1, 0.15) is 29.3 Å². The number of hydrogen-bond donors (Lipinski definition) is 0. The molecule has 0 amide bonds. The molecule has 0 fully saturated rings. The van der Waals surface area contributed by atoms with Gasteiger partial charge in [0.25, 0.3) is 0 Å². The third-order valence-corrected chi connectivity index (χ3v) is 2.85. The topological polar surface area (TPSA) is 83.7 Å². The van der Waals surface area contributed by atoms with Crippen molar-refractivity contribution in [2.45, 2.75) is 0 Å². The zero-order valence-electron chi connectivity index (χ0n) is 11.0. The molecule has 0 N–H and O–H groups in total. The normalized spacial score (nSPS) is 14.8. The highest BCUT2D eigenvalue weighted by atomic mass is 19.1. The molecule has 0 saturated heterocycles. The van der Waals surface area contributed by atoms with Gasteiger partial charge in [0.05, 0.1) is 5.71 Å². The van der Waals surface area contributed by atoms with Gasteiger partial charge in [-0.25, -0.2) is 8.78 Å². The highest BCUT2D eigenvalue weighted by molar-refractivity contribution is 6.31. The minimum atomic E-state index is -0.784. The second-order valence-corrected chi connectivity index (χ2v) is 4.20. The molecule has 0 atom stereocenters. The van der Waals surface area contributed by atoms with E-state index >= 15 is 0 Å². The van der Waals surface area contributed by atoms with Gasteiger partial charge in [0, 0.05) is 17.2 Å². The van der Waals surface area contributed by atoms with Gasteiger partial charge in [-0.05, 0) is 29.8 Å². The molecule has 0 aromatic heterocycles. The van der Waals surface area contributed by atoms with Crippen molar-refractivity contribution in [2.75, 3.05) is 0 Å². The molecule has 1 aliphatic carbocycles. The van der Waals surface area contributed by atoms with Crippen LogP contribution in [0.2, 0.25) is 0 Å². The van der Waals surface area contributed by atoms with Crippen molar-refractivity contribution in [3.05, 3.63) is 64.8 Å². The second-order valence-electron chi connectivity index (χ2n) is 4.20. The summed E-state index contributed by atoms with van der Waals surface area (Å²) in [6.07, 6.45) is 5.85. The first-order valence-corrected chi connectivity index (χ1v) is 5.97. The molecule has 0 heterocycles. The molecule has 0 saturated carbocycles. The van der Waals surface area contributed by atoms with Crippen LogP contribution in [-0.2, 0) is 0 Å². The Hall–Kier alpha value is -3.56. The van der Waals surface area contributed by atoms with Crippen molar-refractivity contribution in [3.8, 4) is 18.3 Å². The molecule has 1 aliphatic rings. The highest BCUT2D eigenvalue weighted by Crippen LogP contribution is 2.26. The Kier molecular flexibility index (Phi) is 4.22. The van der Waals surface area contributed by atoms with Crippen LogP contribution in [0, 0.1) is 45.8 Å². The number of nitriles is 3. The van der Waals surface area contributed by atoms with E-state index in [-0.39, 0.29) is 28.0 Å². The minimum Gasteiger partial charge on any atom is -0.207 e. The van der Waals surface area contributed by atoms with E-state index in [2.05, 4.69) is 4.99 Å². The predicted octanol–water partition coefficient (Wildman–Crippen LogP) is 3.18. The molecule has 6 heteroatoms. The van der Waals surface area contributed by atoms with Crippen LogP contribution in [0.3, 0.4) is 0 Å². The fourth-order valence-electron chi connectivity index (χ4n) is 1.94. The fraction of sp³-hybridized carbons (Fsp3) is 0. The van der Waals surface area contributed by atoms with Crippen molar-refractivity contribution in [3.63, 3.8) is 0 Å². The lowest BCUT2D eigenvalue weighted by Crippen LogP contribution is -2.05. The highest BCUT2D eigenvalue weighted by Gasteiger charge is 2.16. The van der Waals surface area contributed by atoms with Crippen LogP contribution in [0.25, 0.3) is 5.57 Å². The fourth-order valence-corrected chi connectivity index (χ4v) is 1.94. The van der Waals surface area contributed by atoms with E-state index in [1.807, 2.05) is 0 Å². The van der Waals surface area contributed by atoms with Crippen LogP contribution in [0.5, 0.6) is 0 Å². The van der Waals surface area contributed by atoms with Gasteiger partial charge in [-0.3, -0.25) is 0 Å². The van der Waals surface area contributed by atoms with Crippen LogP contribution >= 0.6 is 0 Å². The maximum atomic E-state index is 13.4. The first-order chi connectivity index (χ1) is 10.6. The molecular weight excluding hydrogens is 286 g/mol. The molecule has 2 rings (SSSR count). The Morgan fingerprint density at radius 3 is 2.14 bits per heavy atom. The van der Waals surface area contributed by atoms with Crippen LogP contribution in [0.4, 0.5) is 8.78 Å². The van der Waals surface area contributed by atoms with Crippen molar-refractivity contribution in [1.29, 1.82) is 15.8 Å². The summed E-state index contributed by atoms with van der Waals surface area (Å²) in [4.78, 5) is 3.58. The molecule has 4 nitrogen and oxygen atoms in total. The van der Waals surface area contributed by atoms with Crippen LogP contribution < -0.4 is 0 Å². The first-order valence-electron chi connectivity index (χ1n) is 5.97. The number of allylic oxidation sites excluding steroid dienone is 6. The maximum absolute atomic E-state index is 13.4. The SMILES string of the molecule is N#CN=C1C=CC(=C(C#N)C#N)C=C1c1cc(F)cc(F)c1. The summed E-state index contributed by atoms with van der Waals surface area (Å²) < 4.78 is 26.8. The molecule has 22 heavy (non-hydrogen) atoms. The largest absolute Gasteiger partial charge is 0.207 e. The second kappa shape index (κ2) is 6.26. The van der Waals surface area contributed by atoms with Crippen LogP contribution in [-0.4, -0.2) is 5.71 Å².